The third-order valence-corrected chi connectivity index (χ3v) is 5.23. The quantitative estimate of drug-likeness (QED) is 0.368. The summed E-state index contributed by atoms with van der Waals surface area (Å²) in [5.74, 6) is -0.423. The second-order valence-electron chi connectivity index (χ2n) is 7.01. The lowest BCUT2D eigenvalue weighted by molar-refractivity contribution is -0.109. The molecule has 0 aliphatic carbocycles. The van der Waals surface area contributed by atoms with E-state index in [9.17, 15) is 14.0 Å². The van der Waals surface area contributed by atoms with Gasteiger partial charge in [0, 0.05) is 18.8 Å². The fraction of sp³-hybridized carbons (Fsp3) is 0.182. The maximum atomic E-state index is 14.5. The SMILES string of the molecule is O=CNCCCc1ccc(Nc2nc(-c3c(F)cccc3Cl)cc3c2C(=O)NC3)cn1. The fourth-order valence-electron chi connectivity index (χ4n) is 3.43. The van der Waals surface area contributed by atoms with Gasteiger partial charge in [0.05, 0.1) is 33.7 Å². The van der Waals surface area contributed by atoms with Crippen molar-refractivity contribution in [3.63, 3.8) is 0 Å². The van der Waals surface area contributed by atoms with Gasteiger partial charge in [0.1, 0.15) is 11.6 Å². The number of nitrogens with zero attached hydrogens (tertiary/aromatic N) is 2. The predicted molar refractivity (Wildman–Crippen MR) is 116 cm³/mol. The lowest BCUT2D eigenvalue weighted by Gasteiger charge is -2.13. The minimum Gasteiger partial charge on any atom is -0.359 e. The van der Waals surface area contributed by atoms with E-state index in [2.05, 4.69) is 25.9 Å². The van der Waals surface area contributed by atoms with Gasteiger partial charge in [0.2, 0.25) is 6.41 Å². The minimum atomic E-state index is -0.488. The highest BCUT2D eigenvalue weighted by atomic mass is 35.5. The molecular weight excluding hydrogens is 421 g/mol. The molecule has 3 N–H and O–H groups in total. The molecule has 31 heavy (non-hydrogen) atoms. The Morgan fingerprint density at radius 2 is 2.10 bits per heavy atom. The molecule has 0 spiro atoms. The number of rotatable bonds is 8. The van der Waals surface area contributed by atoms with E-state index in [1.54, 1.807) is 18.3 Å². The normalized spacial score (nSPS) is 12.3. The zero-order valence-electron chi connectivity index (χ0n) is 16.4. The second kappa shape index (κ2) is 9.09. The van der Waals surface area contributed by atoms with Crippen LogP contribution in [-0.4, -0.2) is 28.8 Å². The van der Waals surface area contributed by atoms with E-state index in [1.165, 1.54) is 12.1 Å². The molecule has 0 saturated carbocycles. The van der Waals surface area contributed by atoms with Crippen LogP contribution < -0.4 is 16.0 Å². The van der Waals surface area contributed by atoms with Crippen molar-refractivity contribution in [2.24, 2.45) is 0 Å². The van der Waals surface area contributed by atoms with Gasteiger partial charge < -0.3 is 16.0 Å². The van der Waals surface area contributed by atoms with Gasteiger partial charge in [-0.25, -0.2) is 9.37 Å². The molecule has 4 rings (SSSR count). The van der Waals surface area contributed by atoms with Crippen LogP contribution in [0.15, 0.2) is 42.6 Å². The van der Waals surface area contributed by atoms with Gasteiger partial charge in [-0.2, -0.15) is 0 Å². The van der Waals surface area contributed by atoms with Crippen molar-refractivity contribution in [2.45, 2.75) is 19.4 Å². The van der Waals surface area contributed by atoms with Crippen molar-refractivity contribution in [1.29, 1.82) is 0 Å². The molecule has 2 aromatic heterocycles. The Kier molecular flexibility index (Phi) is 6.08. The number of fused-ring (bicyclic) bond motifs is 1. The first-order chi connectivity index (χ1) is 15.1. The van der Waals surface area contributed by atoms with Crippen LogP contribution in [0, 0.1) is 5.82 Å². The van der Waals surface area contributed by atoms with Crippen molar-refractivity contribution in [3.05, 3.63) is 70.3 Å². The Labute approximate surface area is 183 Å². The highest BCUT2D eigenvalue weighted by Crippen LogP contribution is 2.34. The first kappa shape index (κ1) is 20.7. The molecule has 3 heterocycles. The second-order valence-corrected chi connectivity index (χ2v) is 7.42. The van der Waals surface area contributed by atoms with Gasteiger partial charge in [0.15, 0.2) is 0 Å². The molecule has 0 bridgehead atoms. The molecule has 9 heteroatoms. The van der Waals surface area contributed by atoms with E-state index in [0.29, 0.717) is 47.8 Å². The first-order valence-electron chi connectivity index (χ1n) is 9.72. The Hall–Kier alpha value is -3.52. The predicted octanol–water partition coefficient (Wildman–Crippen LogP) is 3.60. The highest BCUT2D eigenvalue weighted by Gasteiger charge is 2.26. The van der Waals surface area contributed by atoms with Crippen molar-refractivity contribution >= 4 is 35.4 Å². The van der Waals surface area contributed by atoms with E-state index in [1.807, 2.05) is 12.1 Å². The van der Waals surface area contributed by atoms with Crippen LogP contribution in [-0.2, 0) is 17.8 Å². The number of benzene rings is 1. The van der Waals surface area contributed by atoms with E-state index >= 15 is 0 Å². The zero-order chi connectivity index (χ0) is 21.8. The van der Waals surface area contributed by atoms with Gasteiger partial charge in [-0.15, -0.1) is 0 Å². The number of aromatic nitrogens is 2. The van der Waals surface area contributed by atoms with Crippen molar-refractivity contribution in [1.82, 2.24) is 20.6 Å². The number of nitrogens with one attached hydrogen (secondary N) is 3. The maximum absolute atomic E-state index is 14.5. The van der Waals surface area contributed by atoms with Crippen molar-refractivity contribution < 1.29 is 14.0 Å². The average molecular weight is 440 g/mol. The topological polar surface area (TPSA) is 96.0 Å². The standard InChI is InChI=1S/C22H19ClFN5O2/c23-16-4-1-5-17(24)20(16)18-9-13-10-27-22(31)19(13)21(29-18)28-15-7-6-14(26-11-15)3-2-8-25-12-30/h1,4-7,9,11-12H,2-3,8,10H2,(H,25,30)(H,27,31)(H,28,29). The van der Waals surface area contributed by atoms with Gasteiger partial charge in [0.25, 0.3) is 5.91 Å². The van der Waals surface area contributed by atoms with Crippen LogP contribution >= 0.6 is 11.6 Å². The Bertz CT molecular complexity index is 1120. The summed E-state index contributed by atoms with van der Waals surface area (Å²) in [5, 5.41) is 8.75. The Balaban J connectivity index is 1.63. The molecule has 1 aliphatic heterocycles. The number of aryl methyl sites for hydroxylation is 1. The summed E-state index contributed by atoms with van der Waals surface area (Å²) < 4.78 is 14.5. The number of amides is 2. The number of anilines is 2. The Morgan fingerprint density at radius 1 is 1.23 bits per heavy atom. The first-order valence-corrected chi connectivity index (χ1v) is 10.1. The third kappa shape index (κ3) is 4.49. The molecule has 1 aliphatic rings. The molecule has 0 radical (unpaired) electrons. The van der Waals surface area contributed by atoms with E-state index in [4.69, 9.17) is 11.6 Å². The molecule has 158 valence electrons. The summed E-state index contributed by atoms with van der Waals surface area (Å²) in [7, 11) is 0. The molecule has 0 fully saturated rings. The summed E-state index contributed by atoms with van der Waals surface area (Å²) in [5.41, 5.74) is 3.17. The van der Waals surface area contributed by atoms with Crippen LogP contribution in [0.2, 0.25) is 5.02 Å². The monoisotopic (exact) mass is 439 g/mol. The largest absolute Gasteiger partial charge is 0.359 e. The summed E-state index contributed by atoms with van der Waals surface area (Å²) in [6.45, 7) is 0.915. The molecule has 1 aromatic carbocycles. The van der Waals surface area contributed by atoms with Crippen LogP contribution in [0.25, 0.3) is 11.3 Å². The lowest BCUT2D eigenvalue weighted by atomic mass is 10.1. The maximum Gasteiger partial charge on any atom is 0.255 e. The number of halogens is 2. The van der Waals surface area contributed by atoms with Crippen LogP contribution in [0.3, 0.4) is 0 Å². The lowest BCUT2D eigenvalue weighted by Crippen LogP contribution is -2.14. The zero-order valence-corrected chi connectivity index (χ0v) is 17.2. The smallest absolute Gasteiger partial charge is 0.255 e. The average Bonchev–Trinajstić information content (AvgIpc) is 3.13. The number of carbonyl (C=O) groups excluding carboxylic acids is 2. The molecule has 2 amide bonds. The molecule has 3 aromatic rings. The summed E-state index contributed by atoms with van der Waals surface area (Å²) in [6, 6.07) is 9.82. The van der Waals surface area contributed by atoms with Gasteiger partial charge in [-0.3, -0.25) is 14.6 Å². The number of carbonyl (C=O) groups is 2. The minimum absolute atomic E-state index is 0.187. The third-order valence-electron chi connectivity index (χ3n) is 4.91. The van der Waals surface area contributed by atoms with Gasteiger partial charge >= 0.3 is 0 Å². The molecule has 0 unspecified atom stereocenters. The van der Waals surface area contributed by atoms with E-state index in [-0.39, 0.29) is 16.5 Å². The molecule has 0 saturated heterocycles. The number of pyridine rings is 2. The molecule has 7 nitrogen and oxygen atoms in total. The highest BCUT2D eigenvalue weighted by molar-refractivity contribution is 6.33. The van der Waals surface area contributed by atoms with E-state index < -0.39 is 5.82 Å². The van der Waals surface area contributed by atoms with Crippen molar-refractivity contribution in [3.8, 4) is 11.3 Å². The fourth-order valence-corrected chi connectivity index (χ4v) is 3.69. The van der Waals surface area contributed by atoms with E-state index in [0.717, 1.165) is 18.5 Å². The summed E-state index contributed by atoms with van der Waals surface area (Å²) in [4.78, 5) is 31.6. The summed E-state index contributed by atoms with van der Waals surface area (Å²) >= 11 is 6.22. The number of hydrogen-bond donors (Lipinski definition) is 3. The van der Waals surface area contributed by atoms with Gasteiger partial charge in [-0.1, -0.05) is 17.7 Å². The molecular formula is C22H19ClFN5O2. The van der Waals surface area contributed by atoms with Gasteiger partial charge in [-0.05, 0) is 48.7 Å². The van der Waals surface area contributed by atoms with Crippen molar-refractivity contribution in [2.75, 3.05) is 11.9 Å². The van der Waals surface area contributed by atoms with Crippen LogP contribution in [0.1, 0.15) is 28.0 Å². The number of hydrogen-bond acceptors (Lipinski definition) is 5. The Morgan fingerprint density at radius 3 is 2.84 bits per heavy atom. The van der Waals surface area contributed by atoms with Crippen LogP contribution in [0.4, 0.5) is 15.9 Å². The van der Waals surface area contributed by atoms with Crippen LogP contribution in [0.5, 0.6) is 0 Å². The molecule has 0 atom stereocenters. The summed E-state index contributed by atoms with van der Waals surface area (Å²) in [6.07, 6.45) is 3.81.